The molecule has 0 aliphatic carbocycles. The second kappa shape index (κ2) is 7.50. The van der Waals surface area contributed by atoms with E-state index >= 15 is 0 Å². The summed E-state index contributed by atoms with van der Waals surface area (Å²) in [4.78, 5) is 0. The molecule has 0 spiro atoms. The highest BCUT2D eigenvalue weighted by atomic mass is 16.3. The van der Waals surface area contributed by atoms with Gasteiger partial charge in [0.1, 0.15) is 0 Å². The van der Waals surface area contributed by atoms with Crippen LogP contribution in [0.5, 0.6) is 0 Å². The molecule has 1 rings (SSSR count). The highest BCUT2D eigenvalue weighted by Gasteiger charge is 2.13. The van der Waals surface area contributed by atoms with Crippen molar-refractivity contribution in [2.24, 2.45) is 11.8 Å². The van der Waals surface area contributed by atoms with Gasteiger partial charge in [-0.15, -0.1) is 0 Å². The lowest BCUT2D eigenvalue weighted by Crippen LogP contribution is -2.14. The van der Waals surface area contributed by atoms with Gasteiger partial charge in [-0.05, 0) is 42.7 Å². The van der Waals surface area contributed by atoms with E-state index in [0.29, 0.717) is 12.5 Å². The standard InChI is InChI=1S/C16H26O/c1-4-7-13(2)10-15(12-17)11-16-9-6-5-8-14(16)3/h5-6,8-9,13,15,17H,4,7,10-12H2,1-3H3. The van der Waals surface area contributed by atoms with Crippen molar-refractivity contribution in [3.05, 3.63) is 35.4 Å². The summed E-state index contributed by atoms with van der Waals surface area (Å²) in [5.41, 5.74) is 2.73. The van der Waals surface area contributed by atoms with E-state index in [9.17, 15) is 5.11 Å². The summed E-state index contributed by atoms with van der Waals surface area (Å²) in [6, 6.07) is 8.50. The lowest BCUT2D eigenvalue weighted by Gasteiger charge is -2.19. The Labute approximate surface area is 106 Å². The lowest BCUT2D eigenvalue weighted by molar-refractivity contribution is 0.200. The van der Waals surface area contributed by atoms with Crippen LogP contribution in [0.25, 0.3) is 0 Å². The number of hydrogen-bond acceptors (Lipinski definition) is 1. The Morgan fingerprint density at radius 3 is 2.53 bits per heavy atom. The molecular weight excluding hydrogens is 208 g/mol. The minimum atomic E-state index is 0.308. The average molecular weight is 234 g/mol. The van der Waals surface area contributed by atoms with E-state index in [0.717, 1.165) is 18.8 Å². The molecule has 0 aliphatic heterocycles. The Balaban J connectivity index is 2.55. The molecule has 0 aliphatic rings. The summed E-state index contributed by atoms with van der Waals surface area (Å²) in [5, 5.41) is 9.50. The van der Waals surface area contributed by atoms with Crippen LogP contribution in [-0.2, 0) is 6.42 Å². The minimum Gasteiger partial charge on any atom is -0.396 e. The van der Waals surface area contributed by atoms with Crippen molar-refractivity contribution in [3.8, 4) is 0 Å². The molecule has 1 aromatic carbocycles. The van der Waals surface area contributed by atoms with E-state index in [-0.39, 0.29) is 0 Å². The number of rotatable bonds is 7. The highest BCUT2D eigenvalue weighted by Crippen LogP contribution is 2.21. The Kier molecular flexibility index (Phi) is 6.28. The molecule has 0 amide bonds. The maximum atomic E-state index is 9.50. The Morgan fingerprint density at radius 2 is 1.94 bits per heavy atom. The van der Waals surface area contributed by atoms with Gasteiger partial charge in [-0.2, -0.15) is 0 Å². The quantitative estimate of drug-likeness (QED) is 0.757. The van der Waals surface area contributed by atoms with Gasteiger partial charge in [-0.1, -0.05) is 51.0 Å². The van der Waals surface area contributed by atoms with Crippen molar-refractivity contribution in [3.63, 3.8) is 0 Å². The molecule has 0 saturated carbocycles. The molecule has 0 radical (unpaired) electrons. The SMILES string of the molecule is CCCC(C)CC(CO)Cc1ccccc1C. The second-order valence-corrected chi connectivity index (χ2v) is 5.31. The molecule has 0 heterocycles. The van der Waals surface area contributed by atoms with Crippen LogP contribution < -0.4 is 0 Å². The fourth-order valence-electron chi connectivity index (χ4n) is 2.55. The van der Waals surface area contributed by atoms with Gasteiger partial charge in [0.2, 0.25) is 0 Å². The monoisotopic (exact) mass is 234 g/mol. The van der Waals surface area contributed by atoms with Gasteiger partial charge in [0.25, 0.3) is 0 Å². The van der Waals surface area contributed by atoms with E-state index in [1.54, 1.807) is 0 Å². The number of aryl methyl sites for hydroxylation is 1. The van der Waals surface area contributed by atoms with Crippen molar-refractivity contribution in [1.29, 1.82) is 0 Å². The first-order valence-corrected chi connectivity index (χ1v) is 6.82. The van der Waals surface area contributed by atoms with Gasteiger partial charge in [0.05, 0.1) is 0 Å². The van der Waals surface area contributed by atoms with Crippen LogP contribution in [0.1, 0.15) is 44.2 Å². The van der Waals surface area contributed by atoms with Gasteiger partial charge in [0, 0.05) is 6.61 Å². The molecule has 1 N–H and O–H groups in total. The van der Waals surface area contributed by atoms with Gasteiger partial charge in [-0.25, -0.2) is 0 Å². The van der Waals surface area contributed by atoms with E-state index < -0.39 is 0 Å². The molecule has 0 saturated heterocycles. The number of aliphatic hydroxyl groups excluding tert-OH is 1. The topological polar surface area (TPSA) is 20.2 Å². The predicted molar refractivity (Wildman–Crippen MR) is 74.1 cm³/mol. The molecule has 1 nitrogen and oxygen atoms in total. The summed E-state index contributed by atoms with van der Waals surface area (Å²) in [6.45, 7) is 6.98. The fraction of sp³-hybridized carbons (Fsp3) is 0.625. The smallest absolute Gasteiger partial charge is 0.0462 e. The van der Waals surface area contributed by atoms with E-state index in [1.165, 1.54) is 24.0 Å². The van der Waals surface area contributed by atoms with Crippen LogP contribution in [0.3, 0.4) is 0 Å². The maximum Gasteiger partial charge on any atom is 0.0462 e. The third kappa shape index (κ3) is 4.91. The highest BCUT2D eigenvalue weighted by molar-refractivity contribution is 5.25. The number of aliphatic hydroxyl groups is 1. The lowest BCUT2D eigenvalue weighted by atomic mass is 9.88. The Hall–Kier alpha value is -0.820. The van der Waals surface area contributed by atoms with Crippen LogP contribution >= 0.6 is 0 Å². The van der Waals surface area contributed by atoms with Crippen molar-refractivity contribution in [2.75, 3.05) is 6.61 Å². The van der Waals surface area contributed by atoms with Crippen molar-refractivity contribution >= 4 is 0 Å². The van der Waals surface area contributed by atoms with Gasteiger partial charge < -0.3 is 5.11 Å². The molecule has 2 unspecified atom stereocenters. The first kappa shape index (κ1) is 14.2. The summed E-state index contributed by atoms with van der Waals surface area (Å²) in [6.07, 6.45) is 4.66. The van der Waals surface area contributed by atoms with Gasteiger partial charge in [0.15, 0.2) is 0 Å². The van der Waals surface area contributed by atoms with Crippen LogP contribution in [0, 0.1) is 18.8 Å². The van der Waals surface area contributed by atoms with Gasteiger partial charge in [-0.3, -0.25) is 0 Å². The largest absolute Gasteiger partial charge is 0.396 e. The predicted octanol–water partition coefficient (Wildman–Crippen LogP) is 3.97. The van der Waals surface area contributed by atoms with E-state index in [1.807, 2.05) is 0 Å². The summed E-state index contributed by atoms with van der Waals surface area (Å²) in [5.74, 6) is 1.14. The molecule has 2 atom stereocenters. The zero-order chi connectivity index (χ0) is 12.7. The molecule has 0 aromatic heterocycles. The molecule has 17 heavy (non-hydrogen) atoms. The van der Waals surface area contributed by atoms with Crippen LogP contribution in [0.15, 0.2) is 24.3 Å². The van der Waals surface area contributed by atoms with Crippen LogP contribution in [0.2, 0.25) is 0 Å². The zero-order valence-corrected chi connectivity index (χ0v) is 11.4. The average Bonchev–Trinajstić information content (AvgIpc) is 2.31. The second-order valence-electron chi connectivity index (χ2n) is 5.31. The third-order valence-corrected chi connectivity index (χ3v) is 3.55. The van der Waals surface area contributed by atoms with Gasteiger partial charge >= 0.3 is 0 Å². The molecular formula is C16H26O. The van der Waals surface area contributed by atoms with Crippen molar-refractivity contribution < 1.29 is 5.11 Å². The first-order chi connectivity index (χ1) is 8.17. The number of benzene rings is 1. The molecule has 0 bridgehead atoms. The van der Waals surface area contributed by atoms with E-state index in [2.05, 4.69) is 45.0 Å². The summed E-state index contributed by atoms with van der Waals surface area (Å²) < 4.78 is 0. The molecule has 96 valence electrons. The zero-order valence-electron chi connectivity index (χ0n) is 11.4. The Bertz CT molecular complexity index is 319. The maximum absolute atomic E-state index is 9.50. The molecule has 1 aromatic rings. The normalized spacial score (nSPS) is 14.6. The van der Waals surface area contributed by atoms with E-state index in [4.69, 9.17) is 0 Å². The molecule has 1 heteroatoms. The van der Waals surface area contributed by atoms with Crippen LogP contribution in [-0.4, -0.2) is 11.7 Å². The minimum absolute atomic E-state index is 0.308. The van der Waals surface area contributed by atoms with Crippen molar-refractivity contribution in [2.45, 2.75) is 46.5 Å². The van der Waals surface area contributed by atoms with Crippen LogP contribution in [0.4, 0.5) is 0 Å². The first-order valence-electron chi connectivity index (χ1n) is 6.82. The molecule has 0 fully saturated rings. The summed E-state index contributed by atoms with van der Waals surface area (Å²) in [7, 11) is 0. The third-order valence-electron chi connectivity index (χ3n) is 3.55. The van der Waals surface area contributed by atoms with Crippen molar-refractivity contribution in [1.82, 2.24) is 0 Å². The summed E-state index contributed by atoms with van der Waals surface area (Å²) >= 11 is 0. The fourth-order valence-corrected chi connectivity index (χ4v) is 2.55. The Morgan fingerprint density at radius 1 is 1.24 bits per heavy atom. The number of hydrogen-bond donors (Lipinski definition) is 1.